The quantitative estimate of drug-likeness (QED) is 0.433. The fourth-order valence-corrected chi connectivity index (χ4v) is 2.67. The second-order valence-electron chi connectivity index (χ2n) is 4.92. The van der Waals surface area contributed by atoms with Crippen LogP contribution in [0.4, 0.5) is 0 Å². The van der Waals surface area contributed by atoms with Gasteiger partial charge in [0.2, 0.25) is 0 Å². The molecule has 0 aromatic heterocycles. The van der Waals surface area contributed by atoms with Crippen LogP contribution in [0.15, 0.2) is 72.8 Å². The van der Waals surface area contributed by atoms with Crippen molar-refractivity contribution in [3.63, 3.8) is 0 Å². The standard InChI is InChI=1S/C20H12/c1-2-8-17-14-18(13-12-15(17)6-1)20-11-5-9-16-7-3-4-10-19(16)20/h1-11,14H. The summed E-state index contributed by atoms with van der Waals surface area (Å²) in [7, 11) is 0. The third-order valence-corrected chi connectivity index (χ3v) is 3.67. The molecule has 0 saturated heterocycles. The third kappa shape index (κ3) is 1.78. The van der Waals surface area contributed by atoms with Crippen LogP contribution in [0.1, 0.15) is 0 Å². The highest BCUT2D eigenvalue weighted by Crippen LogP contribution is 2.30. The number of rotatable bonds is 1. The van der Waals surface area contributed by atoms with Crippen molar-refractivity contribution in [3.8, 4) is 11.1 Å². The van der Waals surface area contributed by atoms with Crippen LogP contribution in [-0.4, -0.2) is 0 Å². The van der Waals surface area contributed by atoms with E-state index < -0.39 is 0 Å². The molecule has 0 fully saturated rings. The van der Waals surface area contributed by atoms with Crippen LogP contribution < -0.4 is 0 Å². The lowest BCUT2D eigenvalue weighted by Gasteiger charge is -2.07. The van der Waals surface area contributed by atoms with Gasteiger partial charge < -0.3 is 0 Å². The summed E-state index contributed by atoms with van der Waals surface area (Å²) in [4.78, 5) is 0. The van der Waals surface area contributed by atoms with Crippen molar-refractivity contribution in [2.45, 2.75) is 0 Å². The van der Waals surface area contributed by atoms with Gasteiger partial charge in [0, 0.05) is 0 Å². The number of benzene rings is 4. The predicted molar refractivity (Wildman–Crippen MR) is 84.6 cm³/mol. The van der Waals surface area contributed by atoms with Gasteiger partial charge in [-0.15, -0.1) is 0 Å². The largest absolute Gasteiger partial charge is 0.0616 e. The van der Waals surface area contributed by atoms with E-state index in [2.05, 4.69) is 78.9 Å². The number of hydrogen-bond donors (Lipinski definition) is 0. The average molecular weight is 252 g/mol. The molecule has 2 radical (unpaired) electrons. The maximum absolute atomic E-state index is 3.29. The summed E-state index contributed by atoms with van der Waals surface area (Å²) >= 11 is 0. The van der Waals surface area contributed by atoms with Crippen LogP contribution in [0.5, 0.6) is 0 Å². The highest BCUT2D eigenvalue weighted by molar-refractivity contribution is 5.98. The lowest BCUT2D eigenvalue weighted by molar-refractivity contribution is 1.66. The first-order chi connectivity index (χ1) is 9.92. The summed E-state index contributed by atoms with van der Waals surface area (Å²) < 4.78 is 0. The fraction of sp³-hybridized carbons (Fsp3) is 0. The molecule has 0 atom stereocenters. The Labute approximate surface area is 118 Å². The summed E-state index contributed by atoms with van der Waals surface area (Å²) in [6, 6.07) is 31.9. The summed E-state index contributed by atoms with van der Waals surface area (Å²) in [6.07, 6.45) is 0. The minimum Gasteiger partial charge on any atom is -0.0616 e. The highest BCUT2D eigenvalue weighted by atomic mass is 14.1. The van der Waals surface area contributed by atoms with Gasteiger partial charge in [-0.1, -0.05) is 66.7 Å². The summed E-state index contributed by atoms with van der Waals surface area (Å²) in [5.41, 5.74) is 2.31. The van der Waals surface area contributed by atoms with E-state index in [9.17, 15) is 0 Å². The molecule has 0 heteroatoms. The lowest BCUT2D eigenvalue weighted by Crippen LogP contribution is -1.82. The molecule has 92 valence electrons. The molecule has 0 N–H and O–H groups in total. The zero-order valence-corrected chi connectivity index (χ0v) is 10.9. The topological polar surface area (TPSA) is 0 Å². The molecule has 0 amide bonds. The molecule has 0 aliphatic rings. The van der Waals surface area contributed by atoms with E-state index in [4.69, 9.17) is 0 Å². The fourth-order valence-electron chi connectivity index (χ4n) is 2.67. The van der Waals surface area contributed by atoms with Gasteiger partial charge in [-0.25, -0.2) is 0 Å². The molecule has 0 saturated carbocycles. The van der Waals surface area contributed by atoms with E-state index in [1.807, 2.05) is 6.07 Å². The maximum atomic E-state index is 3.29. The van der Waals surface area contributed by atoms with Gasteiger partial charge in [0.15, 0.2) is 0 Å². The Hall–Kier alpha value is -2.60. The first kappa shape index (κ1) is 11.2. The minimum absolute atomic E-state index is 1.10. The molecule has 0 unspecified atom stereocenters. The molecule has 20 heavy (non-hydrogen) atoms. The molecule has 0 nitrogen and oxygen atoms in total. The third-order valence-electron chi connectivity index (χ3n) is 3.67. The summed E-state index contributed by atoms with van der Waals surface area (Å²) in [5, 5.41) is 4.83. The van der Waals surface area contributed by atoms with Crippen LogP contribution in [0.2, 0.25) is 0 Å². The van der Waals surface area contributed by atoms with Crippen molar-refractivity contribution in [1.29, 1.82) is 0 Å². The SMILES string of the molecule is [c]1[c]c2ccccc2cc1-c1cccc2ccccc12. The van der Waals surface area contributed by atoms with Gasteiger partial charge in [0.05, 0.1) is 0 Å². The molecule has 4 aromatic carbocycles. The molecular weight excluding hydrogens is 240 g/mol. The zero-order valence-electron chi connectivity index (χ0n) is 10.9. The first-order valence-corrected chi connectivity index (χ1v) is 6.73. The van der Waals surface area contributed by atoms with E-state index >= 15 is 0 Å². The Morgan fingerprint density at radius 3 is 2.30 bits per heavy atom. The van der Waals surface area contributed by atoms with Crippen LogP contribution in [0.25, 0.3) is 32.7 Å². The van der Waals surface area contributed by atoms with Crippen molar-refractivity contribution >= 4 is 21.5 Å². The number of hydrogen-bond acceptors (Lipinski definition) is 0. The Bertz CT molecular complexity index is 898. The monoisotopic (exact) mass is 252 g/mol. The lowest BCUT2D eigenvalue weighted by atomic mass is 9.96. The second-order valence-corrected chi connectivity index (χ2v) is 4.92. The number of fused-ring (bicyclic) bond motifs is 2. The van der Waals surface area contributed by atoms with Gasteiger partial charge in [0.25, 0.3) is 0 Å². The van der Waals surface area contributed by atoms with Crippen LogP contribution in [0.3, 0.4) is 0 Å². The van der Waals surface area contributed by atoms with Crippen LogP contribution in [-0.2, 0) is 0 Å². The molecule has 0 heterocycles. The summed E-state index contributed by atoms with van der Waals surface area (Å²) in [6.45, 7) is 0. The molecule has 4 aromatic rings. The Balaban J connectivity index is 2.01. The minimum atomic E-state index is 1.10. The molecule has 0 spiro atoms. The van der Waals surface area contributed by atoms with Crippen molar-refractivity contribution in [1.82, 2.24) is 0 Å². The zero-order chi connectivity index (χ0) is 13.4. The van der Waals surface area contributed by atoms with Crippen molar-refractivity contribution in [2.75, 3.05) is 0 Å². The van der Waals surface area contributed by atoms with Crippen molar-refractivity contribution in [3.05, 3.63) is 84.9 Å². The molecule has 0 aliphatic heterocycles. The Kier molecular flexibility index (Phi) is 2.53. The highest BCUT2D eigenvalue weighted by Gasteiger charge is 2.04. The van der Waals surface area contributed by atoms with Gasteiger partial charge in [-0.05, 0) is 50.9 Å². The Morgan fingerprint density at radius 1 is 0.600 bits per heavy atom. The van der Waals surface area contributed by atoms with Gasteiger partial charge in [0.1, 0.15) is 0 Å². The van der Waals surface area contributed by atoms with Crippen molar-refractivity contribution < 1.29 is 0 Å². The molecular formula is C20H12. The van der Waals surface area contributed by atoms with E-state index in [-0.39, 0.29) is 0 Å². The molecule has 0 aliphatic carbocycles. The van der Waals surface area contributed by atoms with Crippen LogP contribution >= 0.6 is 0 Å². The molecule has 0 bridgehead atoms. The molecule has 4 rings (SSSR count). The van der Waals surface area contributed by atoms with Crippen LogP contribution in [0, 0.1) is 12.1 Å². The van der Waals surface area contributed by atoms with E-state index in [1.54, 1.807) is 0 Å². The van der Waals surface area contributed by atoms with E-state index in [0.29, 0.717) is 0 Å². The van der Waals surface area contributed by atoms with E-state index in [0.717, 1.165) is 10.9 Å². The van der Waals surface area contributed by atoms with Gasteiger partial charge in [-0.3, -0.25) is 0 Å². The average Bonchev–Trinajstić information content (AvgIpc) is 2.54. The predicted octanol–water partition coefficient (Wildman–Crippen LogP) is 5.26. The maximum Gasteiger partial charge on any atom is -0.000696 e. The summed E-state index contributed by atoms with van der Waals surface area (Å²) in [5.74, 6) is 0. The smallest absolute Gasteiger partial charge is 0.000696 e. The Morgan fingerprint density at radius 2 is 1.35 bits per heavy atom. The normalized spacial score (nSPS) is 11.0. The van der Waals surface area contributed by atoms with E-state index in [1.165, 1.54) is 21.7 Å². The first-order valence-electron chi connectivity index (χ1n) is 6.73. The van der Waals surface area contributed by atoms with Gasteiger partial charge in [-0.2, -0.15) is 0 Å². The van der Waals surface area contributed by atoms with Crippen molar-refractivity contribution in [2.24, 2.45) is 0 Å². The van der Waals surface area contributed by atoms with Gasteiger partial charge >= 0.3 is 0 Å². The second kappa shape index (κ2) is 4.50.